The first kappa shape index (κ1) is 35.8. The van der Waals surface area contributed by atoms with Crippen molar-refractivity contribution >= 4 is 40.3 Å². The van der Waals surface area contributed by atoms with Gasteiger partial charge in [-0.2, -0.15) is 26.3 Å². The summed E-state index contributed by atoms with van der Waals surface area (Å²) in [6.45, 7) is -1.44. The monoisotopic (exact) mass is 744 g/mol. The Bertz CT molecular complexity index is 2270. The number of alkyl halides is 6. The molecule has 270 valence electrons. The van der Waals surface area contributed by atoms with E-state index in [9.17, 15) is 35.9 Å². The van der Waals surface area contributed by atoms with Gasteiger partial charge in [-0.1, -0.05) is 78.9 Å². The lowest BCUT2D eigenvalue weighted by Gasteiger charge is -2.30. The zero-order valence-corrected chi connectivity index (χ0v) is 28.6. The molecule has 0 aliphatic heterocycles. The van der Waals surface area contributed by atoms with E-state index >= 15 is 0 Å². The highest BCUT2D eigenvalue weighted by Crippen LogP contribution is 2.55. The Morgan fingerprint density at radius 2 is 1.38 bits per heavy atom. The van der Waals surface area contributed by atoms with Crippen LogP contribution in [0.4, 0.5) is 32.0 Å². The second-order valence-electron chi connectivity index (χ2n) is 12.5. The number of nitrogens with zero attached hydrogens (tertiary/aromatic N) is 1. The van der Waals surface area contributed by atoms with Gasteiger partial charge < -0.3 is 15.6 Å². The third-order valence-corrected chi connectivity index (χ3v) is 10.6. The number of halogens is 6. The lowest BCUT2D eigenvalue weighted by atomic mass is 9.94. The minimum absolute atomic E-state index is 0.282. The molecule has 0 unspecified atom stereocenters. The Kier molecular flexibility index (Phi) is 9.54. The van der Waals surface area contributed by atoms with Crippen LogP contribution in [0.25, 0.3) is 33.3 Å². The average molecular weight is 745 g/mol. The van der Waals surface area contributed by atoms with E-state index in [1.54, 1.807) is 66.7 Å². The first-order valence-electron chi connectivity index (χ1n) is 16.6. The van der Waals surface area contributed by atoms with Crippen molar-refractivity contribution in [2.75, 3.05) is 17.6 Å². The van der Waals surface area contributed by atoms with Gasteiger partial charge in [0.25, 0.3) is 5.91 Å². The molecule has 0 atom stereocenters. The van der Waals surface area contributed by atoms with E-state index in [-0.39, 0.29) is 5.56 Å². The standard InChI is InChI=1S/C40H30F6N4O2S/c41-38(42,43)23-47-37(52)39(31-12-5-3-9-28(31)29-10-4-6-13-32(29)39)53-21-7-14-35-49-33-20-19-26(22-34(33)50-35)48-36(51)30-11-2-1-8-27(30)24-15-17-25(18-16-24)40(44,45)46/h1-6,8-13,15-20,22H,7,14,21,23H2,(H,47,52)(H,48,51)(H,49,50). The van der Waals surface area contributed by atoms with Crippen LogP contribution in [0.1, 0.15) is 39.3 Å². The fraction of sp³-hybridized carbons (Fsp3) is 0.175. The van der Waals surface area contributed by atoms with Crippen LogP contribution in [0.15, 0.2) is 115 Å². The molecule has 1 heterocycles. The number of imidazole rings is 1. The molecule has 13 heteroatoms. The molecule has 0 spiro atoms. The number of aromatic amines is 1. The van der Waals surface area contributed by atoms with E-state index in [1.165, 1.54) is 23.9 Å². The Balaban J connectivity index is 1.05. The number of benzene rings is 5. The van der Waals surface area contributed by atoms with Crippen molar-refractivity contribution < 1.29 is 35.9 Å². The molecule has 1 aliphatic carbocycles. The number of hydrogen-bond donors (Lipinski definition) is 3. The maximum absolute atomic E-state index is 13.7. The van der Waals surface area contributed by atoms with E-state index < -0.39 is 41.0 Å². The van der Waals surface area contributed by atoms with Crippen molar-refractivity contribution in [1.82, 2.24) is 15.3 Å². The molecule has 5 aromatic carbocycles. The summed E-state index contributed by atoms with van der Waals surface area (Å²) < 4.78 is 77.5. The fourth-order valence-corrected chi connectivity index (χ4v) is 8.12. The second-order valence-corrected chi connectivity index (χ2v) is 13.8. The van der Waals surface area contributed by atoms with Crippen molar-refractivity contribution in [1.29, 1.82) is 0 Å². The van der Waals surface area contributed by atoms with Gasteiger partial charge in [-0.25, -0.2) is 4.98 Å². The van der Waals surface area contributed by atoms with Gasteiger partial charge in [0, 0.05) is 17.7 Å². The second kappa shape index (κ2) is 14.1. The van der Waals surface area contributed by atoms with E-state index in [2.05, 4.69) is 20.6 Å². The van der Waals surface area contributed by atoms with Crippen molar-refractivity contribution in [2.45, 2.75) is 29.9 Å². The van der Waals surface area contributed by atoms with Crippen LogP contribution in [-0.4, -0.2) is 40.3 Å². The van der Waals surface area contributed by atoms with Crippen LogP contribution in [0.2, 0.25) is 0 Å². The summed E-state index contributed by atoms with van der Waals surface area (Å²) in [6, 6.07) is 31.0. The van der Waals surface area contributed by atoms with Gasteiger partial charge in [0.2, 0.25) is 5.91 Å². The summed E-state index contributed by atoms with van der Waals surface area (Å²) in [5, 5.41) is 5.00. The number of thioether (sulfide) groups is 1. The Hall–Kier alpha value is -5.56. The fourth-order valence-electron chi connectivity index (χ4n) is 6.66. The molecule has 7 rings (SSSR count). The maximum Gasteiger partial charge on any atom is 0.416 e. The molecular weight excluding hydrogens is 715 g/mol. The highest BCUT2D eigenvalue weighted by molar-refractivity contribution is 8.01. The summed E-state index contributed by atoms with van der Waals surface area (Å²) in [5.41, 5.74) is 5.11. The summed E-state index contributed by atoms with van der Waals surface area (Å²) >= 11 is 1.29. The number of fused-ring (bicyclic) bond motifs is 4. The van der Waals surface area contributed by atoms with Crippen molar-refractivity contribution in [3.63, 3.8) is 0 Å². The van der Waals surface area contributed by atoms with E-state index in [0.29, 0.717) is 57.9 Å². The molecule has 0 saturated carbocycles. The van der Waals surface area contributed by atoms with E-state index in [4.69, 9.17) is 0 Å². The molecule has 53 heavy (non-hydrogen) atoms. The molecule has 1 aromatic heterocycles. The number of H-pyrrole nitrogens is 1. The van der Waals surface area contributed by atoms with Gasteiger partial charge in [-0.3, -0.25) is 9.59 Å². The van der Waals surface area contributed by atoms with Gasteiger partial charge in [-0.15, -0.1) is 11.8 Å². The minimum atomic E-state index is -4.57. The smallest absolute Gasteiger partial charge is 0.345 e. The van der Waals surface area contributed by atoms with Gasteiger partial charge in [0.1, 0.15) is 17.1 Å². The summed E-state index contributed by atoms with van der Waals surface area (Å²) in [4.78, 5) is 35.1. The number of carbonyl (C=O) groups excluding carboxylic acids is 2. The third kappa shape index (κ3) is 7.25. The number of amides is 2. The number of nitrogens with one attached hydrogen (secondary N) is 3. The highest BCUT2D eigenvalue weighted by atomic mass is 32.2. The largest absolute Gasteiger partial charge is 0.416 e. The predicted molar refractivity (Wildman–Crippen MR) is 193 cm³/mol. The number of aromatic nitrogens is 2. The summed E-state index contributed by atoms with van der Waals surface area (Å²) in [5.74, 6) is -0.0911. The number of carbonyl (C=O) groups is 2. The quantitative estimate of drug-likeness (QED) is 0.0964. The first-order chi connectivity index (χ1) is 25.3. The normalized spacial score (nSPS) is 13.4. The zero-order chi connectivity index (χ0) is 37.4. The lowest BCUT2D eigenvalue weighted by molar-refractivity contribution is -0.139. The topological polar surface area (TPSA) is 86.9 Å². The number of rotatable bonds is 10. The molecule has 6 nitrogen and oxygen atoms in total. The minimum Gasteiger partial charge on any atom is -0.345 e. The van der Waals surface area contributed by atoms with Crippen LogP contribution in [-0.2, 0) is 22.1 Å². The van der Waals surface area contributed by atoms with Crippen molar-refractivity contribution in [3.05, 3.63) is 143 Å². The van der Waals surface area contributed by atoms with Crippen LogP contribution in [0.5, 0.6) is 0 Å². The molecule has 6 aromatic rings. The van der Waals surface area contributed by atoms with Crippen LogP contribution < -0.4 is 10.6 Å². The van der Waals surface area contributed by atoms with Gasteiger partial charge in [-0.05, 0) is 82.0 Å². The Labute approximate surface area is 304 Å². The van der Waals surface area contributed by atoms with Gasteiger partial charge in [0.05, 0.1) is 16.6 Å². The summed E-state index contributed by atoms with van der Waals surface area (Å²) in [6.07, 6.45) is -8.01. The summed E-state index contributed by atoms with van der Waals surface area (Å²) in [7, 11) is 0. The van der Waals surface area contributed by atoms with Crippen LogP contribution in [0.3, 0.4) is 0 Å². The predicted octanol–water partition coefficient (Wildman–Crippen LogP) is 9.77. The third-order valence-electron chi connectivity index (χ3n) is 9.03. The van der Waals surface area contributed by atoms with E-state index in [1.807, 2.05) is 24.3 Å². The molecule has 0 fully saturated rings. The molecule has 0 radical (unpaired) electrons. The van der Waals surface area contributed by atoms with E-state index in [0.717, 1.165) is 28.8 Å². The Morgan fingerprint density at radius 1 is 0.755 bits per heavy atom. The molecule has 1 aliphatic rings. The molecular formula is C40H30F6N4O2S. The molecule has 0 saturated heterocycles. The number of aryl methyl sites for hydroxylation is 1. The van der Waals surface area contributed by atoms with Crippen LogP contribution >= 0.6 is 11.8 Å². The first-order valence-corrected chi connectivity index (χ1v) is 17.6. The zero-order valence-electron chi connectivity index (χ0n) is 27.7. The molecule has 2 amide bonds. The van der Waals surface area contributed by atoms with Crippen molar-refractivity contribution in [2.24, 2.45) is 0 Å². The molecule has 3 N–H and O–H groups in total. The molecule has 0 bridgehead atoms. The highest BCUT2D eigenvalue weighted by Gasteiger charge is 2.50. The Morgan fingerprint density at radius 3 is 2.02 bits per heavy atom. The SMILES string of the molecule is O=C(Nc1ccc2[nH]c(CCCSC3(C(=O)NCC(F)(F)F)c4ccccc4-c4ccccc43)nc2c1)c1ccccc1-c1ccc(C(F)(F)F)cc1. The van der Waals surface area contributed by atoms with Gasteiger partial charge >= 0.3 is 12.4 Å². The van der Waals surface area contributed by atoms with Crippen molar-refractivity contribution in [3.8, 4) is 22.3 Å². The number of hydrogen-bond acceptors (Lipinski definition) is 4. The average Bonchev–Trinajstić information content (AvgIpc) is 3.68. The maximum atomic E-state index is 13.7. The van der Waals surface area contributed by atoms with Crippen LogP contribution in [0, 0.1) is 0 Å². The van der Waals surface area contributed by atoms with Gasteiger partial charge in [0.15, 0.2) is 0 Å². The number of anilines is 1. The lowest BCUT2D eigenvalue weighted by Crippen LogP contribution is -2.45.